The van der Waals surface area contributed by atoms with Crippen molar-refractivity contribution in [3.63, 3.8) is 0 Å². The van der Waals surface area contributed by atoms with Gasteiger partial charge in [-0.3, -0.25) is 0 Å². The fourth-order valence-electron chi connectivity index (χ4n) is 2.00. The minimum atomic E-state index is 0.248. The van der Waals surface area contributed by atoms with Crippen LogP contribution in [0.15, 0.2) is 0 Å². The molecule has 0 aromatic carbocycles. The Kier molecular flexibility index (Phi) is 23.5. The lowest BCUT2D eigenvalue weighted by Crippen LogP contribution is -2.15. The fourth-order valence-corrected chi connectivity index (χ4v) is 2.00. The largest absolute Gasteiger partial charge is 0.379 e. The summed E-state index contributed by atoms with van der Waals surface area (Å²) in [5, 5.41) is 0. The van der Waals surface area contributed by atoms with Gasteiger partial charge in [0.2, 0.25) is 0 Å². The number of rotatable bonds is 23. The lowest BCUT2D eigenvalue weighted by atomic mass is 10.3. The van der Waals surface area contributed by atoms with Crippen LogP contribution in [-0.2, 0) is 33.2 Å². The predicted octanol–water partition coefficient (Wildman–Crippen LogP) is 2.70. The van der Waals surface area contributed by atoms with E-state index in [0.29, 0.717) is 79.3 Å². The molecule has 0 aliphatic carbocycles. The highest BCUT2D eigenvalue weighted by Crippen LogP contribution is 1.94. The van der Waals surface area contributed by atoms with E-state index in [1.807, 2.05) is 13.8 Å². The summed E-state index contributed by atoms with van der Waals surface area (Å²) in [6.45, 7) is 14.1. The monoisotopic (exact) mass is 394 g/mol. The summed E-state index contributed by atoms with van der Waals surface area (Å²) in [4.78, 5) is 0. The first kappa shape index (κ1) is 26.7. The number of hydrogen-bond donors (Lipinski definition) is 0. The molecule has 0 N–H and O–H groups in total. The predicted molar refractivity (Wildman–Crippen MR) is 106 cm³/mol. The summed E-state index contributed by atoms with van der Waals surface area (Å²) in [6.07, 6.45) is 3.83. The molecule has 0 bridgehead atoms. The van der Waals surface area contributed by atoms with E-state index in [1.165, 1.54) is 12.8 Å². The van der Waals surface area contributed by atoms with Crippen LogP contribution in [0.3, 0.4) is 0 Å². The van der Waals surface area contributed by atoms with Crippen molar-refractivity contribution < 1.29 is 33.2 Å². The van der Waals surface area contributed by atoms with Crippen molar-refractivity contribution in [2.45, 2.75) is 46.1 Å². The first-order valence-corrected chi connectivity index (χ1v) is 10.4. The molecule has 7 nitrogen and oxygen atoms in total. The highest BCUT2D eigenvalue weighted by atomic mass is 16.6. The second kappa shape index (κ2) is 23.8. The lowest BCUT2D eigenvalue weighted by molar-refractivity contribution is -0.0238. The van der Waals surface area contributed by atoms with E-state index in [-0.39, 0.29) is 6.10 Å². The minimum absolute atomic E-state index is 0.248. The summed E-state index contributed by atoms with van der Waals surface area (Å²) in [5.41, 5.74) is 0. The third kappa shape index (κ3) is 25.7. The quantitative estimate of drug-likeness (QED) is 0.247. The zero-order chi connectivity index (χ0) is 19.8. The number of hydrogen-bond acceptors (Lipinski definition) is 7. The maximum Gasteiger partial charge on any atom is 0.0703 e. The third-order valence-corrected chi connectivity index (χ3v) is 3.43. The number of ether oxygens (including phenoxy) is 7. The van der Waals surface area contributed by atoms with Gasteiger partial charge in [-0.15, -0.1) is 0 Å². The van der Waals surface area contributed by atoms with Crippen LogP contribution in [0, 0.1) is 0 Å². The molecule has 164 valence electrons. The van der Waals surface area contributed by atoms with Crippen LogP contribution in [0.1, 0.15) is 40.0 Å². The van der Waals surface area contributed by atoms with Crippen molar-refractivity contribution in [3.05, 3.63) is 0 Å². The van der Waals surface area contributed by atoms with E-state index in [1.54, 1.807) is 0 Å². The Labute approximate surface area is 165 Å². The molecule has 0 rings (SSSR count). The summed E-state index contributed by atoms with van der Waals surface area (Å²) in [5.74, 6) is 0. The molecule has 0 spiro atoms. The molecule has 0 aliphatic rings. The highest BCUT2D eigenvalue weighted by Gasteiger charge is 1.95. The molecule has 0 fully saturated rings. The van der Waals surface area contributed by atoms with Gasteiger partial charge in [0, 0.05) is 6.61 Å². The van der Waals surface area contributed by atoms with Crippen LogP contribution in [0.5, 0.6) is 0 Å². The Morgan fingerprint density at radius 2 is 0.778 bits per heavy atom. The zero-order valence-corrected chi connectivity index (χ0v) is 17.7. The van der Waals surface area contributed by atoms with Crippen molar-refractivity contribution in [3.8, 4) is 0 Å². The second-order valence-corrected chi connectivity index (χ2v) is 6.30. The molecule has 0 amide bonds. The average Bonchev–Trinajstić information content (AvgIpc) is 2.65. The van der Waals surface area contributed by atoms with Crippen LogP contribution < -0.4 is 0 Å². The Morgan fingerprint density at radius 1 is 0.444 bits per heavy atom. The standard InChI is InChI=1S/C20H42O7/c1-4-5-6-7-21-8-9-22-10-11-23-12-13-24-14-15-25-16-17-26-18-19-27-20(2)3/h20H,4-19H2,1-3H3. The van der Waals surface area contributed by atoms with Gasteiger partial charge in [0.25, 0.3) is 0 Å². The van der Waals surface area contributed by atoms with Crippen LogP contribution in [-0.4, -0.2) is 92.0 Å². The van der Waals surface area contributed by atoms with Crippen molar-refractivity contribution in [1.29, 1.82) is 0 Å². The molecule has 27 heavy (non-hydrogen) atoms. The van der Waals surface area contributed by atoms with E-state index in [2.05, 4.69) is 6.92 Å². The van der Waals surface area contributed by atoms with Crippen molar-refractivity contribution in [2.24, 2.45) is 0 Å². The summed E-state index contributed by atoms with van der Waals surface area (Å²) in [6, 6.07) is 0. The first-order valence-electron chi connectivity index (χ1n) is 10.4. The molecule has 0 atom stereocenters. The highest BCUT2D eigenvalue weighted by molar-refractivity contribution is 4.39. The lowest BCUT2D eigenvalue weighted by Gasteiger charge is -2.09. The van der Waals surface area contributed by atoms with Gasteiger partial charge < -0.3 is 33.2 Å². The Bertz CT molecular complexity index is 265. The van der Waals surface area contributed by atoms with Crippen LogP contribution >= 0.6 is 0 Å². The Hall–Kier alpha value is -0.280. The Balaban J connectivity index is 2.97. The smallest absolute Gasteiger partial charge is 0.0703 e. The van der Waals surface area contributed by atoms with Gasteiger partial charge in [-0.25, -0.2) is 0 Å². The Morgan fingerprint density at radius 3 is 1.11 bits per heavy atom. The topological polar surface area (TPSA) is 64.6 Å². The van der Waals surface area contributed by atoms with Gasteiger partial charge >= 0.3 is 0 Å². The second-order valence-electron chi connectivity index (χ2n) is 6.30. The SMILES string of the molecule is CCCCCOCCOCCOCCOCCOCCOCCOC(C)C. The van der Waals surface area contributed by atoms with E-state index < -0.39 is 0 Å². The van der Waals surface area contributed by atoms with Gasteiger partial charge in [-0.1, -0.05) is 19.8 Å². The summed E-state index contributed by atoms with van der Waals surface area (Å²) >= 11 is 0. The van der Waals surface area contributed by atoms with Crippen LogP contribution in [0.4, 0.5) is 0 Å². The summed E-state index contributed by atoms with van der Waals surface area (Å²) < 4.78 is 37.9. The minimum Gasteiger partial charge on any atom is -0.379 e. The van der Waals surface area contributed by atoms with Crippen LogP contribution in [0.2, 0.25) is 0 Å². The van der Waals surface area contributed by atoms with Crippen molar-refractivity contribution in [1.82, 2.24) is 0 Å². The van der Waals surface area contributed by atoms with E-state index >= 15 is 0 Å². The average molecular weight is 395 g/mol. The molecular formula is C20H42O7. The molecule has 0 heterocycles. The molecule has 0 unspecified atom stereocenters. The molecule has 0 aromatic rings. The normalized spacial score (nSPS) is 11.6. The van der Waals surface area contributed by atoms with Crippen molar-refractivity contribution >= 4 is 0 Å². The molecule has 7 heteroatoms. The third-order valence-electron chi connectivity index (χ3n) is 3.43. The number of unbranched alkanes of at least 4 members (excludes halogenated alkanes) is 2. The molecular weight excluding hydrogens is 352 g/mol. The van der Waals surface area contributed by atoms with Crippen LogP contribution in [0.25, 0.3) is 0 Å². The van der Waals surface area contributed by atoms with E-state index in [4.69, 9.17) is 33.2 Å². The molecule has 0 saturated heterocycles. The van der Waals surface area contributed by atoms with Gasteiger partial charge in [0.1, 0.15) is 0 Å². The van der Waals surface area contributed by atoms with Gasteiger partial charge in [-0.05, 0) is 20.3 Å². The first-order chi connectivity index (χ1) is 13.3. The molecule has 0 saturated carbocycles. The van der Waals surface area contributed by atoms with E-state index in [9.17, 15) is 0 Å². The van der Waals surface area contributed by atoms with Crippen molar-refractivity contribution in [2.75, 3.05) is 85.9 Å². The zero-order valence-electron chi connectivity index (χ0n) is 17.7. The maximum atomic E-state index is 5.46. The fraction of sp³-hybridized carbons (Fsp3) is 1.00. The molecule has 0 aromatic heterocycles. The molecule has 0 aliphatic heterocycles. The summed E-state index contributed by atoms with van der Waals surface area (Å²) in [7, 11) is 0. The van der Waals surface area contributed by atoms with Gasteiger partial charge in [0.15, 0.2) is 0 Å². The van der Waals surface area contributed by atoms with Gasteiger partial charge in [0.05, 0.1) is 85.4 Å². The maximum absolute atomic E-state index is 5.46. The van der Waals surface area contributed by atoms with E-state index in [0.717, 1.165) is 13.0 Å². The molecule has 0 radical (unpaired) electrons. The van der Waals surface area contributed by atoms with Gasteiger partial charge in [-0.2, -0.15) is 0 Å².